The molecule has 1 heterocycles. The van der Waals surface area contributed by atoms with Crippen molar-refractivity contribution in [2.45, 2.75) is 109 Å². The van der Waals surface area contributed by atoms with Crippen molar-refractivity contribution in [1.82, 2.24) is 9.97 Å². The minimum absolute atomic E-state index is 0.346. The first-order valence-corrected chi connectivity index (χ1v) is 11.0. The summed E-state index contributed by atoms with van der Waals surface area (Å²) in [6.45, 7) is 4.50. The average molecular weight is 356 g/mol. The van der Waals surface area contributed by atoms with E-state index in [-0.39, 0.29) is 5.41 Å². The second-order valence-corrected chi connectivity index (χ2v) is 8.19. The van der Waals surface area contributed by atoms with Crippen molar-refractivity contribution in [2.75, 3.05) is 0 Å². The molecule has 26 heavy (non-hydrogen) atoms. The molecule has 1 aliphatic rings. The van der Waals surface area contributed by atoms with Gasteiger partial charge in [0.25, 0.3) is 0 Å². The Morgan fingerprint density at radius 2 is 1.58 bits per heavy atom. The molecule has 1 fully saturated rings. The summed E-state index contributed by atoms with van der Waals surface area (Å²) >= 11 is 0. The Morgan fingerprint density at radius 3 is 2.19 bits per heavy atom. The zero-order chi connectivity index (χ0) is 18.7. The van der Waals surface area contributed by atoms with E-state index in [9.17, 15) is 5.26 Å². The van der Waals surface area contributed by atoms with Crippen LogP contribution in [0.2, 0.25) is 0 Å². The molecule has 0 amide bonds. The Labute approximate surface area is 160 Å². The van der Waals surface area contributed by atoms with Crippen LogP contribution in [-0.4, -0.2) is 9.97 Å². The van der Waals surface area contributed by atoms with E-state index in [1.807, 2.05) is 12.4 Å². The van der Waals surface area contributed by atoms with Gasteiger partial charge in [0.2, 0.25) is 0 Å². The molecule has 1 aromatic heterocycles. The van der Waals surface area contributed by atoms with Crippen LogP contribution in [-0.2, 0) is 11.8 Å². The summed E-state index contributed by atoms with van der Waals surface area (Å²) in [5, 5.41) is 9.88. The normalized spacial score (nSPS) is 22.9. The molecule has 0 unspecified atom stereocenters. The predicted octanol–water partition coefficient (Wildman–Crippen LogP) is 6.52. The second kappa shape index (κ2) is 11.3. The number of hydrogen-bond acceptors (Lipinski definition) is 3. The largest absolute Gasteiger partial charge is 0.241 e. The lowest BCUT2D eigenvalue weighted by Gasteiger charge is -2.35. The van der Waals surface area contributed by atoms with Gasteiger partial charge in [-0.15, -0.1) is 0 Å². The van der Waals surface area contributed by atoms with Gasteiger partial charge >= 0.3 is 0 Å². The lowest BCUT2D eigenvalue weighted by Crippen LogP contribution is -2.30. The topological polar surface area (TPSA) is 49.6 Å². The Morgan fingerprint density at radius 1 is 0.962 bits per heavy atom. The Bertz CT molecular complexity index is 536. The number of aromatic nitrogens is 2. The van der Waals surface area contributed by atoms with Crippen molar-refractivity contribution >= 4 is 0 Å². The van der Waals surface area contributed by atoms with Gasteiger partial charge < -0.3 is 0 Å². The number of nitrogens with zero attached hydrogens (tertiary/aromatic N) is 3. The van der Waals surface area contributed by atoms with Gasteiger partial charge in [0.05, 0.1) is 11.5 Å². The summed E-state index contributed by atoms with van der Waals surface area (Å²) in [7, 11) is 0. The molecule has 0 aliphatic heterocycles. The summed E-state index contributed by atoms with van der Waals surface area (Å²) in [5.74, 6) is 1.75. The van der Waals surface area contributed by atoms with E-state index in [4.69, 9.17) is 0 Å². The number of unbranched alkanes of at least 4 members (excludes halogenated alkanes) is 6. The van der Waals surface area contributed by atoms with E-state index >= 15 is 0 Å². The maximum absolute atomic E-state index is 9.88. The molecule has 0 atom stereocenters. The molecule has 0 aromatic carbocycles. The van der Waals surface area contributed by atoms with Crippen molar-refractivity contribution in [2.24, 2.45) is 5.92 Å². The first-order chi connectivity index (χ1) is 12.7. The molecule has 1 saturated carbocycles. The van der Waals surface area contributed by atoms with Crippen molar-refractivity contribution < 1.29 is 0 Å². The highest BCUT2D eigenvalue weighted by Gasteiger charge is 2.37. The third kappa shape index (κ3) is 6.08. The first kappa shape index (κ1) is 20.9. The predicted molar refractivity (Wildman–Crippen MR) is 108 cm³/mol. The Hall–Kier alpha value is -1.43. The molecule has 144 valence electrons. The van der Waals surface area contributed by atoms with Crippen LogP contribution >= 0.6 is 0 Å². The van der Waals surface area contributed by atoms with Crippen LogP contribution in [0.15, 0.2) is 12.4 Å². The second-order valence-electron chi connectivity index (χ2n) is 8.19. The van der Waals surface area contributed by atoms with Gasteiger partial charge in [-0.2, -0.15) is 5.26 Å². The van der Waals surface area contributed by atoms with Crippen molar-refractivity contribution in [3.63, 3.8) is 0 Å². The minimum Gasteiger partial charge on any atom is -0.241 e. The van der Waals surface area contributed by atoms with Crippen LogP contribution in [0.4, 0.5) is 0 Å². The van der Waals surface area contributed by atoms with Crippen LogP contribution in [0.25, 0.3) is 0 Å². The quantitative estimate of drug-likeness (QED) is 0.424. The highest BCUT2D eigenvalue weighted by Crippen LogP contribution is 2.42. The fraction of sp³-hybridized carbons (Fsp3) is 0.783. The number of nitriles is 1. The van der Waals surface area contributed by atoms with Gasteiger partial charge in [-0.3, -0.25) is 0 Å². The third-order valence-electron chi connectivity index (χ3n) is 6.15. The summed E-state index contributed by atoms with van der Waals surface area (Å²) in [6.07, 6.45) is 20.8. The van der Waals surface area contributed by atoms with E-state index in [0.29, 0.717) is 0 Å². The highest BCUT2D eigenvalue weighted by atomic mass is 14.9. The standard InChI is InChI=1S/C23H37N3/c1-3-5-7-8-10-12-22-25-17-21(18-26-22)23(19-24)15-13-20(14-16-23)11-9-6-4-2/h17-18,20H,3-16H2,1-2H3/t20-,23+. The maximum Gasteiger partial charge on any atom is 0.128 e. The fourth-order valence-electron chi connectivity index (χ4n) is 4.22. The molecule has 0 N–H and O–H groups in total. The summed E-state index contributed by atoms with van der Waals surface area (Å²) < 4.78 is 0. The molecule has 1 aromatic rings. The lowest BCUT2D eigenvalue weighted by molar-refractivity contribution is 0.261. The molecule has 3 nitrogen and oxygen atoms in total. The number of rotatable bonds is 11. The Balaban J connectivity index is 1.85. The van der Waals surface area contributed by atoms with Crippen LogP contribution in [0.5, 0.6) is 0 Å². The molecule has 1 aliphatic carbocycles. The minimum atomic E-state index is -0.346. The van der Waals surface area contributed by atoms with E-state index < -0.39 is 0 Å². The number of aryl methyl sites for hydroxylation is 1. The Kier molecular flexibility index (Phi) is 9.09. The zero-order valence-corrected chi connectivity index (χ0v) is 17.0. The average Bonchev–Trinajstić information content (AvgIpc) is 2.69. The van der Waals surface area contributed by atoms with Crippen LogP contribution in [0, 0.1) is 17.2 Å². The van der Waals surface area contributed by atoms with Gasteiger partial charge in [-0.05, 0) is 38.0 Å². The van der Waals surface area contributed by atoms with Gasteiger partial charge in [0.1, 0.15) is 5.82 Å². The smallest absolute Gasteiger partial charge is 0.128 e. The van der Waals surface area contributed by atoms with Gasteiger partial charge in [0.15, 0.2) is 0 Å². The van der Waals surface area contributed by atoms with Crippen LogP contribution in [0.3, 0.4) is 0 Å². The first-order valence-electron chi connectivity index (χ1n) is 11.0. The van der Waals surface area contributed by atoms with E-state index in [1.165, 1.54) is 70.6 Å². The van der Waals surface area contributed by atoms with E-state index in [1.54, 1.807) is 0 Å². The molecule has 0 bridgehead atoms. The van der Waals surface area contributed by atoms with Crippen molar-refractivity contribution in [3.05, 3.63) is 23.8 Å². The molecular weight excluding hydrogens is 318 g/mol. The van der Waals surface area contributed by atoms with Crippen LogP contribution in [0.1, 0.15) is 109 Å². The van der Waals surface area contributed by atoms with Crippen molar-refractivity contribution in [3.8, 4) is 6.07 Å². The van der Waals surface area contributed by atoms with Crippen molar-refractivity contribution in [1.29, 1.82) is 5.26 Å². The molecular formula is C23H37N3. The number of hydrogen-bond donors (Lipinski definition) is 0. The SMILES string of the molecule is CCCCCCCc1ncc([C@]2(C#N)CC[C@H](CCCCC)CC2)cn1. The zero-order valence-electron chi connectivity index (χ0n) is 17.0. The van der Waals surface area contributed by atoms with E-state index in [2.05, 4.69) is 29.9 Å². The molecule has 3 heteroatoms. The van der Waals surface area contributed by atoms with Crippen LogP contribution < -0.4 is 0 Å². The molecule has 0 spiro atoms. The summed E-state index contributed by atoms with van der Waals surface area (Å²) in [4.78, 5) is 9.16. The molecule has 2 rings (SSSR count). The van der Waals surface area contributed by atoms with Gasteiger partial charge in [-0.25, -0.2) is 9.97 Å². The summed E-state index contributed by atoms with van der Waals surface area (Å²) in [5.41, 5.74) is 0.697. The summed E-state index contributed by atoms with van der Waals surface area (Å²) in [6, 6.07) is 2.63. The third-order valence-corrected chi connectivity index (χ3v) is 6.15. The maximum atomic E-state index is 9.88. The van der Waals surface area contributed by atoms with Gasteiger partial charge in [0, 0.05) is 24.4 Å². The molecule has 0 saturated heterocycles. The monoisotopic (exact) mass is 355 g/mol. The molecule has 0 radical (unpaired) electrons. The lowest BCUT2D eigenvalue weighted by atomic mass is 9.67. The fourth-order valence-corrected chi connectivity index (χ4v) is 4.22. The van der Waals surface area contributed by atoms with E-state index in [0.717, 1.165) is 36.6 Å². The van der Waals surface area contributed by atoms with Gasteiger partial charge in [-0.1, -0.05) is 65.2 Å². The highest BCUT2D eigenvalue weighted by molar-refractivity contribution is 5.29.